The normalized spacial score (nSPS) is 13.0. The lowest BCUT2D eigenvalue weighted by atomic mass is 10.0. The van der Waals surface area contributed by atoms with E-state index in [1.165, 1.54) is 57.8 Å². The van der Waals surface area contributed by atoms with Crippen LogP contribution < -0.4 is 0 Å². The highest BCUT2D eigenvalue weighted by molar-refractivity contribution is 5.71. The van der Waals surface area contributed by atoms with Crippen LogP contribution in [0.15, 0.2) is 122 Å². The van der Waals surface area contributed by atoms with Crippen LogP contribution in [-0.4, -0.2) is 37.2 Å². The maximum atomic E-state index is 12.7. The largest absolute Gasteiger partial charge is 0.462 e. The van der Waals surface area contributed by atoms with Gasteiger partial charge in [0.25, 0.3) is 0 Å². The molecule has 0 aromatic heterocycles. The molecule has 1 atom stereocenters. The van der Waals surface area contributed by atoms with Crippen molar-refractivity contribution in [3.63, 3.8) is 0 Å². The fourth-order valence-electron chi connectivity index (χ4n) is 7.12. The number of ether oxygens (including phenoxy) is 3. The van der Waals surface area contributed by atoms with Crippen LogP contribution in [0.1, 0.15) is 233 Å². The Labute approximate surface area is 418 Å². The third kappa shape index (κ3) is 52.8. The number of carbonyl (C=O) groups excluding carboxylic acids is 3. The van der Waals surface area contributed by atoms with E-state index in [9.17, 15) is 14.4 Å². The second-order valence-electron chi connectivity index (χ2n) is 17.8. The Hall–Kier alpha value is -4.19. The van der Waals surface area contributed by atoms with E-state index in [4.69, 9.17) is 14.2 Å². The van der Waals surface area contributed by atoms with Gasteiger partial charge < -0.3 is 14.2 Å². The molecule has 384 valence electrons. The van der Waals surface area contributed by atoms with Gasteiger partial charge in [-0.15, -0.1) is 0 Å². The standard InChI is InChI=1S/C62H100O6/c1-4-7-10-13-15-17-19-21-22-23-24-25-26-27-28-29-30-31-32-33-34-35-36-37-38-39-40-41-43-44-46-49-52-55-61(64)67-58-59(57-66-60(63)54-51-48-12-9-6-3)68-62(65)56-53-50-47-45-42-20-18-16-14-11-8-5-2/h7,10,15,17,21-22,24-25,27-28,30-31,33-34,36-37,39-40,43-44,59H,4-6,8-9,11-14,16,18-20,23,26,29,32,35,38,41-42,45-58H2,1-3H3/b10-7-,17-15-,22-21-,25-24-,28-27-,31-30-,34-33-,37-36-,40-39-,44-43-. The van der Waals surface area contributed by atoms with Gasteiger partial charge in [0, 0.05) is 19.3 Å². The highest BCUT2D eigenvalue weighted by Gasteiger charge is 2.19. The van der Waals surface area contributed by atoms with E-state index < -0.39 is 6.10 Å². The van der Waals surface area contributed by atoms with E-state index in [0.717, 1.165) is 135 Å². The summed E-state index contributed by atoms with van der Waals surface area (Å²) < 4.78 is 16.6. The fourth-order valence-corrected chi connectivity index (χ4v) is 7.12. The van der Waals surface area contributed by atoms with Gasteiger partial charge in [-0.2, -0.15) is 0 Å². The van der Waals surface area contributed by atoms with Crippen molar-refractivity contribution in [2.45, 2.75) is 239 Å². The molecule has 0 aliphatic heterocycles. The van der Waals surface area contributed by atoms with Crippen LogP contribution in [0.2, 0.25) is 0 Å². The molecule has 1 unspecified atom stereocenters. The zero-order valence-electron chi connectivity index (χ0n) is 43.8. The predicted molar refractivity (Wildman–Crippen MR) is 293 cm³/mol. The third-order valence-electron chi connectivity index (χ3n) is 11.2. The third-order valence-corrected chi connectivity index (χ3v) is 11.2. The molecule has 0 aromatic rings. The first-order valence-corrected chi connectivity index (χ1v) is 27.5. The molecule has 0 amide bonds. The van der Waals surface area contributed by atoms with Gasteiger partial charge in [0.05, 0.1) is 0 Å². The molecule has 0 heterocycles. The second-order valence-corrected chi connectivity index (χ2v) is 17.8. The van der Waals surface area contributed by atoms with Gasteiger partial charge in [-0.1, -0.05) is 239 Å². The molecule has 0 spiro atoms. The van der Waals surface area contributed by atoms with E-state index in [1.807, 2.05) is 0 Å². The smallest absolute Gasteiger partial charge is 0.306 e. The lowest BCUT2D eigenvalue weighted by Crippen LogP contribution is -2.30. The summed E-state index contributed by atoms with van der Waals surface area (Å²) in [7, 11) is 0. The van der Waals surface area contributed by atoms with Crippen LogP contribution in [0.5, 0.6) is 0 Å². The van der Waals surface area contributed by atoms with Crippen LogP contribution in [0.3, 0.4) is 0 Å². The number of rotatable bonds is 48. The Morgan fingerprint density at radius 3 is 0.897 bits per heavy atom. The summed E-state index contributed by atoms with van der Waals surface area (Å²) in [6, 6.07) is 0. The molecule has 0 bridgehead atoms. The summed E-state index contributed by atoms with van der Waals surface area (Å²) in [6.07, 6.45) is 76.7. The topological polar surface area (TPSA) is 78.9 Å². The van der Waals surface area contributed by atoms with Crippen molar-refractivity contribution in [1.29, 1.82) is 0 Å². The van der Waals surface area contributed by atoms with Gasteiger partial charge in [-0.05, 0) is 96.3 Å². The summed E-state index contributed by atoms with van der Waals surface area (Å²) in [5, 5.41) is 0. The van der Waals surface area contributed by atoms with Crippen LogP contribution in [0, 0.1) is 0 Å². The number of esters is 3. The quantitative estimate of drug-likeness (QED) is 0.0262. The Bertz CT molecular complexity index is 1450. The van der Waals surface area contributed by atoms with Crippen LogP contribution >= 0.6 is 0 Å². The van der Waals surface area contributed by atoms with Gasteiger partial charge >= 0.3 is 17.9 Å². The average Bonchev–Trinajstić information content (AvgIpc) is 3.34. The molecular formula is C62H100O6. The van der Waals surface area contributed by atoms with Gasteiger partial charge in [0.1, 0.15) is 13.2 Å². The van der Waals surface area contributed by atoms with Gasteiger partial charge in [-0.3, -0.25) is 14.4 Å². The molecule has 0 aliphatic rings. The minimum Gasteiger partial charge on any atom is -0.462 e. The highest BCUT2D eigenvalue weighted by Crippen LogP contribution is 2.14. The van der Waals surface area contributed by atoms with Crippen LogP contribution in [-0.2, 0) is 28.6 Å². The molecule has 0 fully saturated rings. The summed E-state index contributed by atoms with van der Waals surface area (Å²) in [5.74, 6) is -0.958. The van der Waals surface area contributed by atoms with Gasteiger partial charge in [-0.25, -0.2) is 0 Å². The molecule has 6 nitrogen and oxygen atoms in total. The Balaban J connectivity index is 4.16. The minimum absolute atomic E-state index is 0.0928. The van der Waals surface area contributed by atoms with E-state index in [2.05, 4.69) is 142 Å². The number of unbranched alkanes of at least 4 members (excludes halogenated alkanes) is 17. The van der Waals surface area contributed by atoms with Crippen molar-refractivity contribution in [3.05, 3.63) is 122 Å². The van der Waals surface area contributed by atoms with Crippen LogP contribution in [0.25, 0.3) is 0 Å². The Morgan fingerprint density at radius 1 is 0.309 bits per heavy atom. The molecule has 0 aliphatic carbocycles. The van der Waals surface area contributed by atoms with Crippen molar-refractivity contribution in [2.75, 3.05) is 13.2 Å². The van der Waals surface area contributed by atoms with E-state index in [0.29, 0.717) is 19.3 Å². The van der Waals surface area contributed by atoms with Crippen LogP contribution in [0.4, 0.5) is 0 Å². The minimum atomic E-state index is -0.791. The first kappa shape index (κ1) is 63.8. The van der Waals surface area contributed by atoms with E-state index in [1.54, 1.807) is 0 Å². The molecule has 0 rings (SSSR count). The molecule has 0 saturated heterocycles. The fraction of sp³-hybridized carbons (Fsp3) is 0.629. The number of hydrogen-bond donors (Lipinski definition) is 0. The van der Waals surface area contributed by atoms with Crippen molar-refractivity contribution in [3.8, 4) is 0 Å². The SMILES string of the molecule is CC/C=C\C/C=C\C/C=C\C/C=C\C/C=C\C/C=C\C/C=C\C/C=C\C/C=C\C/C=C\CCCCC(=O)OCC(COC(=O)CCCCCCC)OC(=O)CCCCCCCCCCCCCC. The molecule has 0 saturated carbocycles. The maximum Gasteiger partial charge on any atom is 0.306 e. The Morgan fingerprint density at radius 2 is 0.574 bits per heavy atom. The summed E-state index contributed by atoms with van der Waals surface area (Å²) in [4.78, 5) is 37.6. The van der Waals surface area contributed by atoms with Gasteiger partial charge in [0.15, 0.2) is 6.10 Å². The predicted octanol–water partition coefficient (Wildman–Crippen LogP) is 18.5. The molecule has 68 heavy (non-hydrogen) atoms. The summed E-state index contributed by atoms with van der Waals surface area (Å²) in [5.41, 5.74) is 0. The second kappa shape index (κ2) is 55.4. The molecular weight excluding hydrogens is 841 g/mol. The van der Waals surface area contributed by atoms with E-state index >= 15 is 0 Å². The van der Waals surface area contributed by atoms with Crippen molar-refractivity contribution < 1.29 is 28.6 Å². The van der Waals surface area contributed by atoms with E-state index in [-0.39, 0.29) is 31.1 Å². The lowest BCUT2D eigenvalue weighted by Gasteiger charge is -2.18. The first-order valence-electron chi connectivity index (χ1n) is 27.5. The monoisotopic (exact) mass is 941 g/mol. The Kier molecular flexibility index (Phi) is 52.0. The molecule has 0 N–H and O–H groups in total. The number of hydrogen-bond acceptors (Lipinski definition) is 6. The van der Waals surface area contributed by atoms with Crippen molar-refractivity contribution >= 4 is 17.9 Å². The molecule has 0 aromatic carbocycles. The maximum absolute atomic E-state index is 12.7. The van der Waals surface area contributed by atoms with Crippen molar-refractivity contribution in [2.24, 2.45) is 0 Å². The molecule has 6 heteroatoms. The first-order chi connectivity index (χ1) is 33.5. The zero-order chi connectivity index (χ0) is 49.3. The summed E-state index contributed by atoms with van der Waals surface area (Å²) in [6.45, 7) is 6.38. The number of allylic oxidation sites excluding steroid dienone is 20. The molecule has 0 radical (unpaired) electrons. The lowest BCUT2D eigenvalue weighted by molar-refractivity contribution is -0.167. The average molecular weight is 941 g/mol. The zero-order valence-corrected chi connectivity index (χ0v) is 43.8. The highest BCUT2D eigenvalue weighted by atomic mass is 16.6. The van der Waals surface area contributed by atoms with Gasteiger partial charge in [0.2, 0.25) is 0 Å². The van der Waals surface area contributed by atoms with Crippen molar-refractivity contribution in [1.82, 2.24) is 0 Å². The summed E-state index contributed by atoms with van der Waals surface area (Å²) >= 11 is 0. The number of carbonyl (C=O) groups is 3.